The molecular weight excluding hydrogens is 709 g/mol. The summed E-state index contributed by atoms with van der Waals surface area (Å²) in [6.45, 7) is 26.7. The molecule has 0 aliphatic carbocycles. The highest BCUT2D eigenvalue weighted by atomic mass is 32.2. The van der Waals surface area contributed by atoms with Gasteiger partial charge in [-0.2, -0.15) is 9.29 Å². The summed E-state index contributed by atoms with van der Waals surface area (Å²) >= 11 is 0. The van der Waals surface area contributed by atoms with E-state index in [0.29, 0.717) is 10.1 Å². The molecule has 16 heteroatoms. The predicted molar refractivity (Wildman–Crippen MR) is 203 cm³/mol. The SMILES string of the molecule is Cc1cn(C2OC(CO[Si](C)(C)C(C)(C)C)[C@@]3(NS(=O)(=O)C(c4ccccc4)=C3N)[C@H]2O[Si](C)(C)C(C)(C)C)c(=O)n(C(=O)OC(C)(C)C)c1=O. The van der Waals surface area contributed by atoms with Crippen molar-refractivity contribution in [3.8, 4) is 0 Å². The number of rotatable bonds is 7. The molecule has 4 rings (SSSR count). The van der Waals surface area contributed by atoms with E-state index in [1.165, 1.54) is 13.1 Å². The highest BCUT2D eigenvalue weighted by Gasteiger charge is 2.67. The van der Waals surface area contributed by atoms with Gasteiger partial charge in [0, 0.05) is 11.8 Å². The van der Waals surface area contributed by atoms with Gasteiger partial charge in [0.2, 0.25) is 10.0 Å². The fraction of sp³-hybridized carbons (Fsp3) is 0.629. The largest absolute Gasteiger partial charge is 0.443 e. The minimum Gasteiger partial charge on any atom is -0.443 e. The van der Waals surface area contributed by atoms with Crippen molar-refractivity contribution in [2.75, 3.05) is 6.61 Å². The first kappa shape index (κ1) is 40.9. The van der Waals surface area contributed by atoms with Crippen LogP contribution in [0.15, 0.2) is 51.8 Å². The first-order chi connectivity index (χ1) is 23.0. The van der Waals surface area contributed by atoms with Crippen LogP contribution in [-0.4, -0.2) is 70.2 Å². The van der Waals surface area contributed by atoms with E-state index in [0.717, 1.165) is 4.57 Å². The summed E-state index contributed by atoms with van der Waals surface area (Å²) in [5, 5.41) is -0.596. The third-order valence-electron chi connectivity index (χ3n) is 10.6. The van der Waals surface area contributed by atoms with Crippen molar-refractivity contribution < 1.29 is 31.5 Å². The van der Waals surface area contributed by atoms with E-state index < -0.39 is 73.6 Å². The molecule has 2 unspecified atom stereocenters. The normalized spacial score (nSPS) is 24.4. The summed E-state index contributed by atoms with van der Waals surface area (Å²) < 4.78 is 59.0. The topological polar surface area (TPSA) is 170 Å². The molecule has 3 N–H and O–H groups in total. The molecule has 4 atom stereocenters. The molecule has 284 valence electrons. The fourth-order valence-electron chi connectivity index (χ4n) is 5.64. The number of nitrogens with one attached hydrogen (secondary N) is 1. The lowest BCUT2D eigenvalue weighted by Gasteiger charge is -2.44. The first-order valence-electron chi connectivity index (χ1n) is 17.1. The number of aryl methyl sites for hydroxylation is 1. The smallest absolute Gasteiger partial charge is 0.425 e. The van der Waals surface area contributed by atoms with Crippen LogP contribution in [0.3, 0.4) is 0 Å². The van der Waals surface area contributed by atoms with Gasteiger partial charge in [-0.25, -0.2) is 18.0 Å². The number of benzene rings is 1. The van der Waals surface area contributed by atoms with Crippen LogP contribution in [0.25, 0.3) is 4.91 Å². The number of sulfonamides is 1. The van der Waals surface area contributed by atoms with E-state index >= 15 is 0 Å². The third kappa shape index (κ3) is 7.50. The summed E-state index contributed by atoms with van der Waals surface area (Å²) in [7, 11) is -9.61. The zero-order valence-electron chi connectivity index (χ0n) is 32.5. The molecule has 0 radical (unpaired) electrons. The Bertz CT molecular complexity index is 1940. The lowest BCUT2D eigenvalue weighted by molar-refractivity contribution is -0.0503. The van der Waals surface area contributed by atoms with Crippen molar-refractivity contribution in [2.24, 2.45) is 5.73 Å². The van der Waals surface area contributed by atoms with Gasteiger partial charge in [0.25, 0.3) is 5.56 Å². The van der Waals surface area contributed by atoms with Gasteiger partial charge in [0.15, 0.2) is 22.9 Å². The van der Waals surface area contributed by atoms with Gasteiger partial charge < -0.3 is 24.1 Å². The monoisotopic (exact) mass is 764 g/mol. The number of carbonyl (C=O) groups excluding carboxylic acids is 1. The van der Waals surface area contributed by atoms with Crippen LogP contribution in [0.4, 0.5) is 4.79 Å². The molecule has 0 amide bonds. The molecule has 1 saturated heterocycles. The van der Waals surface area contributed by atoms with E-state index in [1.807, 2.05) is 33.9 Å². The Labute approximate surface area is 303 Å². The number of aromatic nitrogens is 2. The average molecular weight is 765 g/mol. The second kappa shape index (κ2) is 13.2. The zero-order chi connectivity index (χ0) is 38.9. The standard InChI is InChI=1S/C35H56N4O9SSi2/c1-22-20-38(30(41)39(28(22)40)31(42)47-32(2,3)4)29-27(48-51(13,14)34(8,9)10)35(24(46-29)21-45-50(11,12)33(5,6)7)26(36)25(49(43,44)37-35)23-18-16-15-17-19-23/h15-20,24,27,29,37H,21,36H2,1-14H3/t24?,27-,29?,35-/m0/s1. The Morgan fingerprint density at radius 3 is 2.02 bits per heavy atom. The second-order valence-electron chi connectivity index (χ2n) is 17.6. The molecule has 2 aromatic rings. The molecule has 1 spiro atoms. The molecule has 0 bridgehead atoms. The van der Waals surface area contributed by atoms with Crippen LogP contribution < -0.4 is 21.7 Å². The maximum atomic E-state index is 14.3. The van der Waals surface area contributed by atoms with E-state index in [9.17, 15) is 22.8 Å². The van der Waals surface area contributed by atoms with E-state index in [2.05, 4.69) is 38.6 Å². The molecule has 2 aliphatic rings. The van der Waals surface area contributed by atoms with Gasteiger partial charge in [-0.3, -0.25) is 9.36 Å². The van der Waals surface area contributed by atoms with Crippen LogP contribution in [0.1, 0.15) is 79.7 Å². The van der Waals surface area contributed by atoms with Crippen molar-refractivity contribution in [2.45, 2.75) is 135 Å². The lowest BCUT2D eigenvalue weighted by atomic mass is 9.85. The van der Waals surface area contributed by atoms with E-state index in [-0.39, 0.29) is 32.8 Å². The van der Waals surface area contributed by atoms with Crippen molar-refractivity contribution in [3.05, 3.63) is 74.2 Å². The Hall–Kier alpha value is -2.87. The Morgan fingerprint density at radius 2 is 1.51 bits per heavy atom. The molecular formula is C35H56N4O9SSi2. The number of carbonyl (C=O) groups is 1. The Kier molecular flexibility index (Phi) is 10.6. The molecule has 1 aromatic heterocycles. The molecule has 0 saturated carbocycles. The van der Waals surface area contributed by atoms with Gasteiger partial charge >= 0.3 is 11.8 Å². The number of ether oxygens (including phenoxy) is 2. The summed E-state index contributed by atoms with van der Waals surface area (Å²) in [5.74, 6) is 0. The van der Waals surface area contributed by atoms with Crippen LogP contribution in [-0.2, 0) is 28.3 Å². The number of nitrogens with zero attached hydrogens (tertiary/aromatic N) is 2. The van der Waals surface area contributed by atoms with E-state index in [1.54, 1.807) is 51.1 Å². The summed E-state index contributed by atoms with van der Waals surface area (Å²) in [6, 6.07) is 8.52. The quantitative estimate of drug-likeness (QED) is 0.348. The van der Waals surface area contributed by atoms with Gasteiger partial charge in [-0.05, 0) is 69.5 Å². The highest BCUT2D eigenvalue weighted by Crippen LogP contribution is 2.52. The molecule has 1 aromatic carbocycles. The molecule has 3 heterocycles. The first-order valence-corrected chi connectivity index (χ1v) is 24.4. The lowest BCUT2D eigenvalue weighted by Crippen LogP contribution is -2.64. The minimum absolute atomic E-state index is 0.0469. The summed E-state index contributed by atoms with van der Waals surface area (Å²) in [5.41, 5.74) is 2.76. The Morgan fingerprint density at radius 1 is 0.961 bits per heavy atom. The molecule has 2 aliphatic heterocycles. The van der Waals surface area contributed by atoms with Gasteiger partial charge in [-0.1, -0.05) is 71.9 Å². The van der Waals surface area contributed by atoms with Crippen molar-refractivity contribution in [3.63, 3.8) is 0 Å². The molecule has 51 heavy (non-hydrogen) atoms. The van der Waals surface area contributed by atoms with E-state index in [4.69, 9.17) is 24.1 Å². The number of nitrogens with two attached hydrogens (primary N) is 1. The summed E-state index contributed by atoms with van der Waals surface area (Å²) in [4.78, 5) is 40.9. The summed E-state index contributed by atoms with van der Waals surface area (Å²) in [6.07, 6.45) is -3.61. The number of hydrogen-bond acceptors (Lipinski definition) is 10. The second-order valence-corrected chi connectivity index (χ2v) is 28.8. The van der Waals surface area contributed by atoms with Crippen LogP contribution >= 0.6 is 0 Å². The predicted octanol–water partition coefficient (Wildman–Crippen LogP) is 5.41. The van der Waals surface area contributed by atoms with Gasteiger partial charge in [0.1, 0.15) is 28.3 Å². The maximum Gasteiger partial charge on any atom is 0.425 e. The van der Waals surface area contributed by atoms with Crippen molar-refractivity contribution in [1.82, 2.24) is 13.9 Å². The van der Waals surface area contributed by atoms with Crippen molar-refractivity contribution in [1.29, 1.82) is 0 Å². The highest BCUT2D eigenvalue weighted by molar-refractivity contribution is 7.99. The average Bonchev–Trinajstić information content (AvgIpc) is 3.36. The van der Waals surface area contributed by atoms with Gasteiger partial charge in [0.05, 0.1) is 12.3 Å². The minimum atomic E-state index is -4.29. The third-order valence-corrected chi connectivity index (χ3v) is 21.1. The van der Waals surface area contributed by atoms with Gasteiger partial charge in [-0.15, -0.1) is 0 Å². The molecule has 1 fully saturated rings. The fourth-order valence-corrected chi connectivity index (χ4v) is 9.74. The number of hydrogen-bond donors (Lipinski definition) is 2. The zero-order valence-corrected chi connectivity index (χ0v) is 35.3. The molecule has 13 nitrogen and oxygen atoms in total. The van der Waals surface area contributed by atoms with Crippen LogP contribution in [0.2, 0.25) is 36.3 Å². The van der Waals surface area contributed by atoms with Crippen molar-refractivity contribution >= 4 is 37.7 Å². The van der Waals surface area contributed by atoms with Crippen LogP contribution in [0, 0.1) is 6.92 Å². The maximum absolute atomic E-state index is 14.3. The Balaban J connectivity index is 2.08. The van der Waals surface area contributed by atoms with Crippen LogP contribution in [0.5, 0.6) is 0 Å².